The first-order valence-corrected chi connectivity index (χ1v) is 10.8. The Morgan fingerprint density at radius 3 is 2.37 bits per heavy atom. The summed E-state index contributed by atoms with van der Waals surface area (Å²) in [6.07, 6.45) is 0.584. The summed E-state index contributed by atoms with van der Waals surface area (Å²) in [7, 11) is -4.09. The zero-order valence-corrected chi connectivity index (χ0v) is 16.5. The van der Waals surface area contributed by atoms with Gasteiger partial charge < -0.3 is 4.42 Å². The number of halogens is 1. The van der Waals surface area contributed by atoms with Crippen LogP contribution in [0.25, 0.3) is 22.9 Å². The molecular weight excluding hydrogens is 405 g/mol. The lowest BCUT2D eigenvalue weighted by molar-refractivity contribution is 0.563. The fourth-order valence-corrected chi connectivity index (χ4v) is 5.14. The minimum absolute atomic E-state index is 0.118. The Labute approximate surface area is 172 Å². The lowest BCUT2D eigenvalue weighted by Crippen LogP contribution is -2.29. The molecule has 30 heavy (non-hydrogen) atoms. The van der Waals surface area contributed by atoms with Crippen molar-refractivity contribution < 1.29 is 17.2 Å². The number of hydrogen-bond donors (Lipinski definition) is 0. The highest BCUT2D eigenvalue weighted by Gasteiger charge is 2.33. The molecule has 1 aromatic heterocycles. The van der Waals surface area contributed by atoms with Crippen molar-refractivity contribution >= 4 is 15.7 Å². The van der Waals surface area contributed by atoms with Gasteiger partial charge in [-0.3, -0.25) is 4.31 Å². The molecule has 0 bridgehead atoms. The molecule has 2 heterocycles. The van der Waals surface area contributed by atoms with Crippen LogP contribution >= 0.6 is 0 Å². The third kappa shape index (κ3) is 3.05. The van der Waals surface area contributed by atoms with Gasteiger partial charge in [-0.25, -0.2) is 12.8 Å². The first-order valence-electron chi connectivity index (χ1n) is 9.33. The molecule has 1 aliphatic heterocycles. The number of benzene rings is 3. The van der Waals surface area contributed by atoms with E-state index in [1.54, 1.807) is 12.1 Å². The van der Waals surface area contributed by atoms with Crippen molar-refractivity contribution in [1.82, 2.24) is 10.2 Å². The number of para-hydroxylation sites is 1. The van der Waals surface area contributed by atoms with Gasteiger partial charge in [0.25, 0.3) is 10.0 Å². The van der Waals surface area contributed by atoms with E-state index in [0.717, 1.165) is 17.2 Å². The Bertz CT molecular complexity index is 1340. The van der Waals surface area contributed by atoms with E-state index in [1.165, 1.54) is 16.4 Å². The van der Waals surface area contributed by atoms with Crippen LogP contribution in [-0.4, -0.2) is 25.2 Å². The van der Waals surface area contributed by atoms with Crippen LogP contribution in [0.1, 0.15) is 5.56 Å². The maximum atomic E-state index is 14.6. The third-order valence-electron chi connectivity index (χ3n) is 5.04. The highest BCUT2D eigenvalue weighted by molar-refractivity contribution is 7.92. The standard InChI is InChI=1S/C22H16FN3O3S/c23-18-11-10-17(22-25-24-21(29-22)16-7-2-1-3-8-16)14-20(18)30(27,28)26-13-12-15-6-4-5-9-19(15)26/h1-11,14H,12-13H2. The van der Waals surface area contributed by atoms with Gasteiger partial charge >= 0.3 is 0 Å². The Kier molecular flexibility index (Phi) is 4.36. The Morgan fingerprint density at radius 2 is 1.57 bits per heavy atom. The summed E-state index contributed by atoms with van der Waals surface area (Å²) in [6.45, 7) is 0.268. The van der Waals surface area contributed by atoms with Gasteiger partial charge in [0.05, 0.1) is 5.69 Å². The van der Waals surface area contributed by atoms with Crippen LogP contribution in [0.5, 0.6) is 0 Å². The zero-order chi connectivity index (χ0) is 20.7. The zero-order valence-electron chi connectivity index (χ0n) is 15.7. The van der Waals surface area contributed by atoms with E-state index in [4.69, 9.17) is 4.42 Å². The van der Waals surface area contributed by atoms with Crippen molar-refractivity contribution in [2.24, 2.45) is 0 Å². The van der Waals surface area contributed by atoms with Crippen molar-refractivity contribution in [3.05, 3.63) is 84.2 Å². The summed E-state index contributed by atoms with van der Waals surface area (Å²) in [6, 6.07) is 20.2. The molecule has 0 saturated carbocycles. The van der Waals surface area contributed by atoms with E-state index in [9.17, 15) is 12.8 Å². The maximum absolute atomic E-state index is 14.6. The van der Waals surface area contributed by atoms with Crippen molar-refractivity contribution in [1.29, 1.82) is 0 Å². The molecule has 0 fully saturated rings. The van der Waals surface area contributed by atoms with Gasteiger partial charge in [0, 0.05) is 17.7 Å². The Morgan fingerprint density at radius 1 is 0.867 bits per heavy atom. The molecule has 8 heteroatoms. The Balaban J connectivity index is 1.54. The van der Waals surface area contributed by atoms with Crippen LogP contribution < -0.4 is 4.31 Å². The summed E-state index contributed by atoms with van der Waals surface area (Å²) in [5, 5.41) is 8.02. The van der Waals surface area contributed by atoms with E-state index in [1.807, 2.05) is 42.5 Å². The van der Waals surface area contributed by atoms with Gasteiger partial charge in [0.1, 0.15) is 10.7 Å². The van der Waals surface area contributed by atoms with Gasteiger partial charge in [0.2, 0.25) is 11.8 Å². The minimum atomic E-state index is -4.09. The second-order valence-electron chi connectivity index (χ2n) is 6.88. The number of sulfonamides is 1. The van der Waals surface area contributed by atoms with Crippen molar-refractivity contribution in [2.45, 2.75) is 11.3 Å². The van der Waals surface area contributed by atoms with Crippen LogP contribution in [-0.2, 0) is 16.4 Å². The van der Waals surface area contributed by atoms with E-state index >= 15 is 0 Å². The number of anilines is 1. The quantitative estimate of drug-likeness (QED) is 0.491. The largest absolute Gasteiger partial charge is 0.416 e. The smallest absolute Gasteiger partial charge is 0.267 e. The molecule has 0 spiro atoms. The summed E-state index contributed by atoms with van der Waals surface area (Å²) < 4.78 is 48.0. The second-order valence-corrected chi connectivity index (χ2v) is 8.71. The molecule has 0 amide bonds. The molecule has 0 saturated heterocycles. The van der Waals surface area contributed by atoms with E-state index in [0.29, 0.717) is 23.6 Å². The molecule has 4 aromatic rings. The molecule has 3 aromatic carbocycles. The number of nitrogens with zero attached hydrogens (tertiary/aromatic N) is 3. The maximum Gasteiger partial charge on any atom is 0.267 e. The monoisotopic (exact) mass is 421 g/mol. The fourth-order valence-electron chi connectivity index (χ4n) is 3.55. The van der Waals surface area contributed by atoms with Crippen LogP contribution in [0.2, 0.25) is 0 Å². The summed E-state index contributed by atoms with van der Waals surface area (Å²) in [5.41, 5.74) is 2.56. The predicted molar refractivity (Wildman–Crippen MR) is 110 cm³/mol. The van der Waals surface area contributed by atoms with Crippen molar-refractivity contribution in [3.63, 3.8) is 0 Å². The Hall–Kier alpha value is -3.52. The first-order chi connectivity index (χ1) is 14.5. The topological polar surface area (TPSA) is 76.3 Å². The highest BCUT2D eigenvalue weighted by atomic mass is 32.2. The lowest BCUT2D eigenvalue weighted by atomic mass is 10.2. The van der Waals surface area contributed by atoms with Gasteiger partial charge in [-0.15, -0.1) is 10.2 Å². The van der Waals surface area contributed by atoms with E-state index < -0.39 is 20.7 Å². The van der Waals surface area contributed by atoms with Gasteiger partial charge in [0.15, 0.2) is 0 Å². The summed E-state index contributed by atoms with van der Waals surface area (Å²) >= 11 is 0. The number of aromatic nitrogens is 2. The number of fused-ring (bicyclic) bond motifs is 1. The van der Waals surface area contributed by atoms with Crippen molar-refractivity contribution in [2.75, 3.05) is 10.8 Å². The normalized spacial score (nSPS) is 13.4. The lowest BCUT2D eigenvalue weighted by Gasteiger charge is -2.20. The van der Waals surface area contributed by atoms with Gasteiger partial charge in [-0.2, -0.15) is 0 Å². The molecule has 150 valence electrons. The van der Waals surface area contributed by atoms with Crippen LogP contribution in [0.3, 0.4) is 0 Å². The second kappa shape index (κ2) is 7.07. The molecule has 0 aliphatic carbocycles. The summed E-state index contributed by atoms with van der Waals surface area (Å²) in [5.74, 6) is -0.411. The molecule has 0 unspecified atom stereocenters. The van der Waals surface area contributed by atoms with E-state index in [-0.39, 0.29) is 12.4 Å². The van der Waals surface area contributed by atoms with Crippen LogP contribution in [0.15, 0.2) is 82.1 Å². The molecule has 5 rings (SSSR count). The van der Waals surface area contributed by atoms with Crippen molar-refractivity contribution in [3.8, 4) is 22.9 Å². The molecule has 1 aliphatic rings. The predicted octanol–water partition coefficient (Wildman–Crippen LogP) is 4.29. The first kappa shape index (κ1) is 18.5. The van der Waals surface area contributed by atoms with Gasteiger partial charge in [-0.05, 0) is 48.4 Å². The fraction of sp³-hybridized carbons (Fsp3) is 0.0909. The molecule has 6 nitrogen and oxygen atoms in total. The van der Waals surface area contributed by atoms with Crippen LogP contribution in [0, 0.1) is 5.82 Å². The molecule has 0 atom stereocenters. The minimum Gasteiger partial charge on any atom is -0.416 e. The van der Waals surface area contributed by atoms with Crippen LogP contribution in [0.4, 0.5) is 10.1 Å². The summed E-state index contributed by atoms with van der Waals surface area (Å²) in [4.78, 5) is -0.420. The number of rotatable bonds is 4. The van der Waals surface area contributed by atoms with Gasteiger partial charge in [-0.1, -0.05) is 36.4 Å². The number of hydrogen-bond acceptors (Lipinski definition) is 5. The highest BCUT2D eigenvalue weighted by Crippen LogP contribution is 2.35. The molecule has 0 radical (unpaired) electrons. The van der Waals surface area contributed by atoms with E-state index in [2.05, 4.69) is 10.2 Å². The molecule has 0 N–H and O–H groups in total. The third-order valence-corrected chi connectivity index (χ3v) is 6.86. The average molecular weight is 421 g/mol. The average Bonchev–Trinajstić information content (AvgIpc) is 3.42. The SMILES string of the molecule is O=S(=O)(c1cc(-c2nnc(-c3ccccc3)o2)ccc1F)N1CCc2ccccc21. The molecular formula is C22H16FN3O3S.